The van der Waals surface area contributed by atoms with Gasteiger partial charge in [-0.2, -0.15) is 5.26 Å². The van der Waals surface area contributed by atoms with Gasteiger partial charge in [-0.25, -0.2) is 0 Å². The molecule has 0 aromatic carbocycles. The summed E-state index contributed by atoms with van der Waals surface area (Å²) in [5, 5.41) is 66.9. The fourth-order valence-corrected chi connectivity index (χ4v) is 2.48. The Labute approximate surface area is 131 Å². The number of hydrogen-bond donors (Lipinski definition) is 6. The van der Waals surface area contributed by atoms with E-state index in [4.69, 9.17) is 19.8 Å². The van der Waals surface area contributed by atoms with E-state index >= 15 is 0 Å². The Bertz CT molecular complexity index is 513. The van der Waals surface area contributed by atoms with Crippen LogP contribution in [0.4, 0.5) is 0 Å². The van der Waals surface area contributed by atoms with E-state index in [1.165, 1.54) is 12.2 Å². The number of allylic oxidation sites excluding steroid dienone is 1. The van der Waals surface area contributed by atoms with E-state index in [0.717, 1.165) is 6.08 Å². The maximum absolute atomic E-state index is 10.0. The van der Waals surface area contributed by atoms with Gasteiger partial charge >= 0.3 is 0 Å². The van der Waals surface area contributed by atoms with Gasteiger partial charge < -0.3 is 40.1 Å². The maximum atomic E-state index is 10.0. The van der Waals surface area contributed by atoms with Crippen molar-refractivity contribution in [3.05, 3.63) is 23.8 Å². The molecule has 1 heterocycles. The van der Waals surface area contributed by atoms with Crippen LogP contribution in [-0.4, -0.2) is 86.3 Å². The van der Waals surface area contributed by atoms with Gasteiger partial charge in [0, 0.05) is 6.08 Å². The second-order valence-corrected chi connectivity index (χ2v) is 5.37. The lowest BCUT2D eigenvalue weighted by atomic mass is 9.93. The second kappa shape index (κ2) is 7.48. The maximum Gasteiger partial charge on any atom is 0.187 e. The lowest BCUT2D eigenvalue weighted by molar-refractivity contribution is -0.314. The molecule has 1 aliphatic carbocycles. The molecule has 0 aromatic heterocycles. The second-order valence-electron chi connectivity index (χ2n) is 5.37. The minimum Gasteiger partial charge on any atom is -0.394 e. The van der Waals surface area contributed by atoms with Gasteiger partial charge in [-0.3, -0.25) is 0 Å². The molecule has 8 atom stereocenters. The number of hydrogen-bond acceptors (Lipinski definition) is 9. The Kier molecular flexibility index (Phi) is 5.85. The van der Waals surface area contributed by atoms with E-state index in [1.54, 1.807) is 6.07 Å². The topological polar surface area (TPSA) is 164 Å². The van der Waals surface area contributed by atoms with Gasteiger partial charge in [-0.05, 0) is 5.57 Å². The van der Waals surface area contributed by atoms with E-state index in [1.807, 2.05) is 0 Å². The number of aliphatic hydroxyl groups is 6. The van der Waals surface area contributed by atoms with Crippen molar-refractivity contribution < 1.29 is 40.1 Å². The Hall–Kier alpha value is -1.35. The highest BCUT2D eigenvalue weighted by atomic mass is 16.7. The van der Waals surface area contributed by atoms with Crippen molar-refractivity contribution in [1.29, 1.82) is 5.26 Å². The number of nitrogens with zero attached hydrogens (tertiary/aromatic N) is 1. The zero-order valence-electron chi connectivity index (χ0n) is 12.0. The highest BCUT2D eigenvalue weighted by Gasteiger charge is 2.46. The summed E-state index contributed by atoms with van der Waals surface area (Å²) in [6.07, 6.45) is -7.57. The smallest absolute Gasteiger partial charge is 0.187 e. The number of nitriles is 1. The van der Waals surface area contributed by atoms with Gasteiger partial charge in [-0.1, -0.05) is 12.2 Å². The highest BCUT2D eigenvalue weighted by molar-refractivity contribution is 5.34. The van der Waals surface area contributed by atoms with E-state index < -0.39 is 55.6 Å². The van der Waals surface area contributed by atoms with Crippen LogP contribution >= 0.6 is 0 Å². The Balaban J connectivity index is 2.20. The van der Waals surface area contributed by atoms with E-state index in [2.05, 4.69) is 0 Å². The van der Waals surface area contributed by atoms with Crippen molar-refractivity contribution >= 4 is 0 Å². The van der Waals surface area contributed by atoms with Gasteiger partial charge in [0.2, 0.25) is 0 Å². The van der Waals surface area contributed by atoms with Crippen LogP contribution in [0, 0.1) is 11.3 Å². The summed E-state index contributed by atoms with van der Waals surface area (Å²) in [5.41, 5.74) is 0.238. The van der Waals surface area contributed by atoms with Crippen LogP contribution in [-0.2, 0) is 9.47 Å². The first-order valence-electron chi connectivity index (χ1n) is 7.00. The number of aliphatic hydroxyl groups excluding tert-OH is 6. The Morgan fingerprint density at radius 2 is 1.83 bits per heavy atom. The summed E-state index contributed by atoms with van der Waals surface area (Å²) >= 11 is 0. The van der Waals surface area contributed by atoms with Gasteiger partial charge in [-0.15, -0.1) is 0 Å². The highest BCUT2D eigenvalue weighted by Crippen LogP contribution is 2.28. The average molecular weight is 329 g/mol. The molecule has 9 nitrogen and oxygen atoms in total. The fourth-order valence-electron chi connectivity index (χ4n) is 2.48. The van der Waals surface area contributed by atoms with E-state index in [9.17, 15) is 25.5 Å². The quantitative estimate of drug-likeness (QED) is 0.294. The third-order valence-electron chi connectivity index (χ3n) is 3.83. The molecule has 0 spiro atoms. The minimum atomic E-state index is -1.65. The van der Waals surface area contributed by atoms with Crippen LogP contribution in [0.15, 0.2) is 23.8 Å². The Morgan fingerprint density at radius 3 is 2.43 bits per heavy atom. The van der Waals surface area contributed by atoms with Gasteiger partial charge in [0.05, 0.1) is 12.7 Å². The first-order valence-corrected chi connectivity index (χ1v) is 7.00. The predicted molar refractivity (Wildman–Crippen MR) is 73.5 cm³/mol. The molecule has 128 valence electrons. The van der Waals surface area contributed by atoms with Crippen LogP contribution < -0.4 is 0 Å². The molecule has 0 amide bonds. The molecule has 23 heavy (non-hydrogen) atoms. The summed E-state index contributed by atoms with van der Waals surface area (Å²) in [6.45, 7) is -0.624. The monoisotopic (exact) mass is 329 g/mol. The van der Waals surface area contributed by atoms with E-state index in [0.29, 0.717) is 0 Å². The van der Waals surface area contributed by atoms with Crippen LogP contribution in [0.3, 0.4) is 0 Å². The molecule has 0 saturated carbocycles. The number of rotatable bonds is 3. The number of ether oxygens (including phenoxy) is 2. The lowest BCUT2D eigenvalue weighted by Crippen LogP contribution is -2.60. The van der Waals surface area contributed by atoms with Crippen molar-refractivity contribution in [3.8, 4) is 6.07 Å². The molecule has 9 heteroatoms. The summed E-state index contributed by atoms with van der Waals surface area (Å²) < 4.78 is 10.6. The van der Waals surface area contributed by atoms with Gasteiger partial charge in [0.15, 0.2) is 6.29 Å². The van der Waals surface area contributed by atoms with Gasteiger partial charge in [0.1, 0.15) is 42.7 Å². The molecule has 1 aliphatic heterocycles. The lowest BCUT2D eigenvalue weighted by Gasteiger charge is -2.42. The summed E-state index contributed by atoms with van der Waals surface area (Å²) in [5.74, 6) is 0. The molecule has 6 N–H and O–H groups in total. The van der Waals surface area contributed by atoms with Crippen molar-refractivity contribution in [2.45, 2.75) is 49.0 Å². The van der Waals surface area contributed by atoms with Crippen LogP contribution in [0.2, 0.25) is 0 Å². The first kappa shape index (κ1) is 18.0. The summed E-state index contributed by atoms with van der Waals surface area (Å²) in [7, 11) is 0. The molecular weight excluding hydrogens is 310 g/mol. The molecular formula is C14H19NO8. The molecule has 0 aromatic rings. The molecule has 0 bridgehead atoms. The van der Waals surface area contributed by atoms with Gasteiger partial charge in [0.25, 0.3) is 0 Å². The zero-order chi connectivity index (χ0) is 17.1. The van der Waals surface area contributed by atoms with Crippen molar-refractivity contribution in [2.75, 3.05) is 6.61 Å². The molecule has 1 fully saturated rings. The third-order valence-corrected chi connectivity index (χ3v) is 3.83. The zero-order valence-corrected chi connectivity index (χ0v) is 12.0. The van der Waals surface area contributed by atoms with Crippen molar-refractivity contribution in [2.24, 2.45) is 0 Å². The molecule has 1 saturated heterocycles. The van der Waals surface area contributed by atoms with Crippen LogP contribution in [0.25, 0.3) is 0 Å². The van der Waals surface area contributed by atoms with Crippen LogP contribution in [0.1, 0.15) is 0 Å². The minimum absolute atomic E-state index is 0.238. The molecule has 0 unspecified atom stereocenters. The summed E-state index contributed by atoms with van der Waals surface area (Å²) in [6, 6.07) is 1.77. The Morgan fingerprint density at radius 1 is 1.13 bits per heavy atom. The molecule has 2 aliphatic rings. The summed E-state index contributed by atoms with van der Waals surface area (Å²) in [4.78, 5) is 0. The molecule has 0 radical (unpaired) electrons. The van der Waals surface area contributed by atoms with E-state index in [-0.39, 0.29) is 5.57 Å². The largest absolute Gasteiger partial charge is 0.394 e. The first-order chi connectivity index (χ1) is 10.9. The van der Waals surface area contributed by atoms with Crippen molar-refractivity contribution in [1.82, 2.24) is 0 Å². The van der Waals surface area contributed by atoms with Crippen molar-refractivity contribution in [3.63, 3.8) is 0 Å². The normalized spacial score (nSPS) is 45.9. The fraction of sp³-hybridized carbons (Fsp3) is 0.643. The third kappa shape index (κ3) is 3.60. The SMILES string of the molecule is N#C/C=C1/C=C[C@@H](O)[C@H](O)[C@H]1O[C@H]1O[C@H](CO)[C@@H](O)[C@H](O)[C@H]1O. The molecule has 2 rings (SSSR count). The van der Waals surface area contributed by atoms with Crippen LogP contribution in [0.5, 0.6) is 0 Å². The predicted octanol–water partition coefficient (Wildman–Crippen LogP) is -3.09. The standard InChI is InChI=1S/C14H19NO8/c15-4-3-6-1-2-7(17)9(18)13(6)23-14-12(21)11(20)10(19)8(5-16)22-14/h1-3,7-14,16-21H,5H2/b6-3-/t7-,8-,9+,10-,11+,12-,13+,14-/m1/s1. The average Bonchev–Trinajstić information content (AvgIpc) is 2.54.